The van der Waals surface area contributed by atoms with Crippen LogP contribution in [0.3, 0.4) is 0 Å². The first-order chi connectivity index (χ1) is 13.4. The molecule has 1 aliphatic rings. The molecule has 3 rings (SSSR count). The second kappa shape index (κ2) is 8.82. The molecule has 2 amide bonds. The van der Waals surface area contributed by atoms with E-state index in [0.29, 0.717) is 17.1 Å². The van der Waals surface area contributed by atoms with E-state index in [0.717, 1.165) is 25.0 Å². The molecule has 150 valence electrons. The van der Waals surface area contributed by atoms with Crippen LogP contribution in [0.25, 0.3) is 0 Å². The van der Waals surface area contributed by atoms with Crippen LogP contribution in [-0.4, -0.2) is 44.8 Å². The predicted octanol–water partition coefficient (Wildman–Crippen LogP) is 4.11. The van der Waals surface area contributed by atoms with Crippen LogP contribution >= 0.6 is 11.6 Å². The van der Waals surface area contributed by atoms with E-state index < -0.39 is 0 Å². The normalized spacial score (nSPS) is 14.6. The number of aryl methyl sites for hydroxylation is 1. The Hall–Kier alpha value is -2.27. The van der Waals surface area contributed by atoms with Gasteiger partial charge in [-0.3, -0.25) is 9.59 Å². The summed E-state index contributed by atoms with van der Waals surface area (Å²) in [6.45, 7) is 4.67. The van der Waals surface area contributed by atoms with Gasteiger partial charge < -0.3 is 14.4 Å². The summed E-state index contributed by atoms with van der Waals surface area (Å²) in [5, 5.41) is 0.518. The summed E-state index contributed by atoms with van der Waals surface area (Å²) >= 11 is 6.06. The van der Waals surface area contributed by atoms with Crippen molar-refractivity contribution >= 4 is 23.4 Å². The van der Waals surface area contributed by atoms with Gasteiger partial charge in [0.2, 0.25) is 5.91 Å². The largest absolute Gasteiger partial charge is 0.353 e. The number of aromatic nitrogens is 1. The van der Waals surface area contributed by atoms with Gasteiger partial charge in [0, 0.05) is 41.6 Å². The Bertz CT molecular complexity index is 844. The Balaban J connectivity index is 1.78. The third kappa shape index (κ3) is 4.76. The van der Waals surface area contributed by atoms with Crippen LogP contribution < -0.4 is 0 Å². The molecule has 0 spiro atoms. The molecule has 0 saturated heterocycles. The predicted molar refractivity (Wildman–Crippen MR) is 111 cm³/mol. The van der Waals surface area contributed by atoms with Crippen LogP contribution in [0.4, 0.5) is 0 Å². The highest BCUT2D eigenvalue weighted by Crippen LogP contribution is 2.29. The van der Waals surface area contributed by atoms with Crippen molar-refractivity contribution in [2.45, 2.75) is 51.7 Å². The number of benzene rings is 1. The van der Waals surface area contributed by atoms with Crippen molar-refractivity contribution in [1.82, 2.24) is 14.4 Å². The number of carbonyl (C=O) groups excluding carboxylic acids is 2. The average Bonchev–Trinajstić information content (AvgIpc) is 3.45. The lowest BCUT2D eigenvalue weighted by atomic mass is 10.1. The van der Waals surface area contributed by atoms with E-state index in [-0.39, 0.29) is 30.4 Å². The fraction of sp³-hybridized carbons (Fsp3) is 0.455. The Morgan fingerprint density at radius 3 is 2.57 bits per heavy atom. The van der Waals surface area contributed by atoms with E-state index in [1.807, 2.05) is 48.7 Å². The van der Waals surface area contributed by atoms with Crippen LogP contribution in [-0.2, 0) is 18.4 Å². The van der Waals surface area contributed by atoms with Crippen molar-refractivity contribution in [3.8, 4) is 0 Å². The van der Waals surface area contributed by atoms with Gasteiger partial charge >= 0.3 is 0 Å². The van der Waals surface area contributed by atoms with Crippen molar-refractivity contribution < 1.29 is 9.59 Å². The summed E-state index contributed by atoms with van der Waals surface area (Å²) in [6, 6.07) is 11.2. The zero-order valence-electron chi connectivity index (χ0n) is 16.8. The molecule has 2 aromatic rings. The number of nitrogens with zero attached hydrogens (tertiary/aromatic N) is 3. The van der Waals surface area contributed by atoms with Crippen molar-refractivity contribution in [1.29, 1.82) is 0 Å². The first-order valence-corrected chi connectivity index (χ1v) is 10.2. The van der Waals surface area contributed by atoms with Gasteiger partial charge in [0.05, 0.1) is 6.54 Å². The second-order valence-electron chi connectivity index (χ2n) is 7.56. The topological polar surface area (TPSA) is 45.6 Å². The summed E-state index contributed by atoms with van der Waals surface area (Å²) in [4.78, 5) is 29.9. The van der Waals surface area contributed by atoms with Gasteiger partial charge in [-0.15, -0.1) is 0 Å². The summed E-state index contributed by atoms with van der Waals surface area (Å²) in [7, 11) is 1.99. The van der Waals surface area contributed by atoms with Gasteiger partial charge in [-0.05, 0) is 56.5 Å². The van der Waals surface area contributed by atoms with Crippen LogP contribution in [0.2, 0.25) is 5.02 Å². The molecule has 1 heterocycles. The molecule has 0 bridgehead atoms. The Morgan fingerprint density at radius 2 is 2.00 bits per heavy atom. The molecule has 28 heavy (non-hydrogen) atoms. The minimum Gasteiger partial charge on any atom is -0.353 e. The van der Waals surface area contributed by atoms with Gasteiger partial charge in [-0.25, -0.2) is 0 Å². The van der Waals surface area contributed by atoms with E-state index in [1.165, 1.54) is 0 Å². The molecule has 0 unspecified atom stereocenters. The SMILES string of the molecule is CC[C@@H](C)N(CC(=O)N(Cc1cccn1C)C1CC1)C(=O)c1cccc(Cl)c1. The standard InChI is InChI=1S/C22H28ClN3O2/c1-4-16(2)25(22(28)17-7-5-8-18(23)13-17)15-21(27)26(19-10-11-19)14-20-9-6-12-24(20)3/h5-9,12-13,16,19H,4,10-11,14-15H2,1-3H3/t16-/m1/s1. The first-order valence-electron chi connectivity index (χ1n) is 9.87. The van der Waals surface area contributed by atoms with E-state index in [9.17, 15) is 9.59 Å². The van der Waals surface area contributed by atoms with Crippen molar-refractivity contribution in [3.63, 3.8) is 0 Å². The van der Waals surface area contributed by atoms with E-state index in [2.05, 4.69) is 0 Å². The maximum absolute atomic E-state index is 13.2. The third-order valence-corrected chi connectivity index (χ3v) is 5.69. The molecule has 1 aliphatic carbocycles. The number of hydrogen-bond donors (Lipinski definition) is 0. The lowest BCUT2D eigenvalue weighted by Gasteiger charge is -2.31. The van der Waals surface area contributed by atoms with Gasteiger partial charge in [-0.1, -0.05) is 24.6 Å². The summed E-state index contributed by atoms with van der Waals surface area (Å²) in [5.41, 5.74) is 1.61. The van der Waals surface area contributed by atoms with E-state index >= 15 is 0 Å². The minimum absolute atomic E-state index is 0.000576. The zero-order valence-corrected chi connectivity index (χ0v) is 17.5. The lowest BCUT2D eigenvalue weighted by Crippen LogP contribution is -2.47. The molecule has 1 aromatic heterocycles. The molecule has 0 radical (unpaired) electrons. The Kier molecular flexibility index (Phi) is 6.45. The monoisotopic (exact) mass is 401 g/mol. The van der Waals surface area contributed by atoms with Crippen LogP contribution in [0.1, 0.15) is 49.2 Å². The summed E-state index contributed by atoms with van der Waals surface area (Å²) in [5.74, 6) is -0.154. The van der Waals surface area contributed by atoms with Crippen LogP contribution in [0, 0.1) is 0 Å². The highest BCUT2D eigenvalue weighted by Gasteiger charge is 2.35. The van der Waals surface area contributed by atoms with Gasteiger partial charge in [0.1, 0.15) is 6.54 Å². The molecular weight excluding hydrogens is 374 g/mol. The average molecular weight is 402 g/mol. The van der Waals surface area contributed by atoms with Crippen LogP contribution in [0.15, 0.2) is 42.6 Å². The number of halogens is 1. The Morgan fingerprint density at radius 1 is 1.25 bits per heavy atom. The molecule has 1 atom stereocenters. The fourth-order valence-electron chi connectivity index (χ4n) is 3.31. The highest BCUT2D eigenvalue weighted by atomic mass is 35.5. The first kappa shape index (κ1) is 20.5. The lowest BCUT2D eigenvalue weighted by molar-refractivity contribution is -0.133. The molecule has 0 N–H and O–H groups in total. The number of carbonyl (C=O) groups is 2. The molecule has 1 saturated carbocycles. The Labute approximate surface area is 171 Å². The molecule has 5 nitrogen and oxygen atoms in total. The number of rotatable bonds is 8. The third-order valence-electron chi connectivity index (χ3n) is 5.45. The van der Waals surface area contributed by atoms with Crippen LogP contribution in [0.5, 0.6) is 0 Å². The quantitative estimate of drug-likeness (QED) is 0.668. The van der Waals surface area contributed by atoms with Crippen molar-refractivity contribution in [2.75, 3.05) is 6.54 Å². The molecule has 6 heteroatoms. The molecule has 1 fully saturated rings. The highest BCUT2D eigenvalue weighted by molar-refractivity contribution is 6.31. The van der Waals surface area contributed by atoms with Gasteiger partial charge in [-0.2, -0.15) is 0 Å². The zero-order chi connectivity index (χ0) is 20.3. The van der Waals surface area contributed by atoms with Crippen molar-refractivity contribution in [2.24, 2.45) is 7.05 Å². The van der Waals surface area contributed by atoms with Gasteiger partial charge in [0.25, 0.3) is 5.91 Å². The van der Waals surface area contributed by atoms with E-state index in [4.69, 9.17) is 11.6 Å². The maximum Gasteiger partial charge on any atom is 0.254 e. The second-order valence-corrected chi connectivity index (χ2v) is 8.00. The molecule has 0 aliphatic heterocycles. The van der Waals surface area contributed by atoms with E-state index in [1.54, 1.807) is 29.2 Å². The fourth-order valence-corrected chi connectivity index (χ4v) is 3.50. The smallest absolute Gasteiger partial charge is 0.254 e. The number of hydrogen-bond acceptors (Lipinski definition) is 2. The number of amides is 2. The maximum atomic E-state index is 13.2. The minimum atomic E-state index is -0.153. The summed E-state index contributed by atoms with van der Waals surface area (Å²) in [6.07, 6.45) is 4.82. The van der Waals surface area contributed by atoms with Crippen molar-refractivity contribution in [3.05, 3.63) is 58.9 Å². The molecular formula is C22H28ClN3O2. The summed E-state index contributed by atoms with van der Waals surface area (Å²) < 4.78 is 2.03. The molecule has 1 aromatic carbocycles. The van der Waals surface area contributed by atoms with Gasteiger partial charge in [0.15, 0.2) is 0 Å².